The van der Waals surface area contributed by atoms with E-state index in [4.69, 9.17) is 10.6 Å². The van der Waals surface area contributed by atoms with Crippen LogP contribution in [0.15, 0.2) is 24.4 Å². The molecule has 0 unspecified atom stereocenters. The largest absolute Gasteiger partial charge is 0.477 e. The fourth-order valence-electron chi connectivity index (χ4n) is 2.12. The highest BCUT2D eigenvalue weighted by molar-refractivity contribution is 5.48. The Bertz CT molecular complexity index is 613. The molecule has 1 aliphatic carbocycles. The average Bonchev–Trinajstić information content (AvgIpc) is 3.35. The van der Waals surface area contributed by atoms with E-state index in [-0.39, 0.29) is 0 Å². The van der Waals surface area contributed by atoms with Gasteiger partial charge in [-0.05, 0) is 31.9 Å². The van der Waals surface area contributed by atoms with Crippen LogP contribution in [0.4, 0.5) is 5.82 Å². The number of rotatable bonds is 6. The van der Waals surface area contributed by atoms with E-state index in [9.17, 15) is 0 Å². The van der Waals surface area contributed by atoms with Gasteiger partial charge in [0.25, 0.3) is 0 Å². The molecule has 0 saturated heterocycles. The molecule has 0 bridgehead atoms. The molecule has 6 nitrogen and oxygen atoms in total. The summed E-state index contributed by atoms with van der Waals surface area (Å²) in [6.45, 7) is 2.44. The standard InChI is InChI=1S/C15H19N5O/c1-10-13(20-16)18-14(11-5-6-11)19-15(10)21-9-7-12-4-2-3-8-17-12/h2-4,8,11H,5-7,9,16H2,1H3,(H,18,19,20). The summed E-state index contributed by atoms with van der Waals surface area (Å²) in [4.78, 5) is 13.2. The van der Waals surface area contributed by atoms with Crippen molar-refractivity contribution >= 4 is 5.82 Å². The quantitative estimate of drug-likeness (QED) is 0.623. The molecular formula is C15H19N5O. The number of nitrogens with zero attached hydrogens (tertiary/aromatic N) is 3. The zero-order chi connectivity index (χ0) is 14.7. The first-order chi connectivity index (χ1) is 10.3. The third-order valence-electron chi connectivity index (χ3n) is 3.52. The number of hydrogen-bond acceptors (Lipinski definition) is 6. The molecule has 1 fully saturated rings. The van der Waals surface area contributed by atoms with Crippen LogP contribution in [0.1, 0.15) is 35.8 Å². The second kappa shape index (κ2) is 6.05. The van der Waals surface area contributed by atoms with Gasteiger partial charge in [0.15, 0.2) is 0 Å². The Morgan fingerprint density at radius 2 is 2.19 bits per heavy atom. The highest BCUT2D eigenvalue weighted by Crippen LogP contribution is 2.39. The van der Waals surface area contributed by atoms with Crippen LogP contribution in [0.5, 0.6) is 5.88 Å². The fourth-order valence-corrected chi connectivity index (χ4v) is 2.12. The van der Waals surface area contributed by atoms with Crippen molar-refractivity contribution in [2.75, 3.05) is 12.0 Å². The van der Waals surface area contributed by atoms with E-state index in [1.165, 1.54) is 0 Å². The van der Waals surface area contributed by atoms with Gasteiger partial charge in [0.1, 0.15) is 11.6 Å². The summed E-state index contributed by atoms with van der Waals surface area (Å²) in [5, 5.41) is 0. The highest BCUT2D eigenvalue weighted by atomic mass is 16.5. The Hall–Kier alpha value is -2.21. The monoisotopic (exact) mass is 285 g/mol. The molecule has 0 aromatic carbocycles. The number of nitrogens with one attached hydrogen (secondary N) is 1. The zero-order valence-electron chi connectivity index (χ0n) is 12.0. The van der Waals surface area contributed by atoms with Crippen molar-refractivity contribution in [2.24, 2.45) is 5.84 Å². The molecule has 21 heavy (non-hydrogen) atoms. The topological polar surface area (TPSA) is 86.0 Å². The number of hydrazine groups is 1. The molecule has 1 aliphatic rings. The van der Waals surface area contributed by atoms with Crippen LogP contribution < -0.4 is 16.0 Å². The molecule has 0 aliphatic heterocycles. The third kappa shape index (κ3) is 3.28. The van der Waals surface area contributed by atoms with Gasteiger partial charge in [0.2, 0.25) is 5.88 Å². The lowest BCUT2D eigenvalue weighted by atomic mass is 10.3. The van der Waals surface area contributed by atoms with Gasteiger partial charge < -0.3 is 10.2 Å². The molecule has 0 atom stereocenters. The van der Waals surface area contributed by atoms with Gasteiger partial charge in [-0.2, -0.15) is 4.98 Å². The van der Waals surface area contributed by atoms with Crippen molar-refractivity contribution in [3.8, 4) is 5.88 Å². The first-order valence-electron chi connectivity index (χ1n) is 7.16. The van der Waals surface area contributed by atoms with Crippen LogP contribution in [0, 0.1) is 6.92 Å². The number of aromatic nitrogens is 3. The molecule has 3 N–H and O–H groups in total. The molecule has 0 spiro atoms. The predicted molar refractivity (Wildman–Crippen MR) is 80.0 cm³/mol. The SMILES string of the molecule is Cc1c(NN)nc(C2CC2)nc1OCCc1ccccn1. The summed E-state index contributed by atoms with van der Waals surface area (Å²) in [5.74, 6) is 8.04. The number of ether oxygens (including phenoxy) is 1. The lowest BCUT2D eigenvalue weighted by molar-refractivity contribution is 0.304. The number of pyridine rings is 1. The van der Waals surface area contributed by atoms with Crippen molar-refractivity contribution in [1.82, 2.24) is 15.0 Å². The fraction of sp³-hybridized carbons (Fsp3) is 0.400. The van der Waals surface area contributed by atoms with Crippen molar-refractivity contribution in [2.45, 2.75) is 32.1 Å². The number of anilines is 1. The summed E-state index contributed by atoms with van der Waals surface area (Å²) in [5.41, 5.74) is 4.46. The van der Waals surface area contributed by atoms with E-state index in [0.29, 0.717) is 24.2 Å². The van der Waals surface area contributed by atoms with Crippen molar-refractivity contribution in [3.05, 3.63) is 41.5 Å². The minimum atomic E-state index is 0.454. The van der Waals surface area contributed by atoms with Crippen molar-refractivity contribution in [1.29, 1.82) is 0 Å². The maximum absolute atomic E-state index is 5.82. The molecule has 1 saturated carbocycles. The second-order valence-corrected chi connectivity index (χ2v) is 5.20. The maximum atomic E-state index is 5.82. The van der Waals surface area contributed by atoms with Gasteiger partial charge >= 0.3 is 0 Å². The van der Waals surface area contributed by atoms with Gasteiger partial charge in [0, 0.05) is 24.2 Å². The van der Waals surface area contributed by atoms with E-state index < -0.39 is 0 Å². The van der Waals surface area contributed by atoms with Crippen LogP contribution >= 0.6 is 0 Å². The van der Waals surface area contributed by atoms with Gasteiger partial charge in [-0.1, -0.05) is 6.07 Å². The van der Waals surface area contributed by atoms with Gasteiger partial charge in [-0.25, -0.2) is 10.8 Å². The van der Waals surface area contributed by atoms with E-state index in [0.717, 1.165) is 36.3 Å². The minimum Gasteiger partial charge on any atom is -0.477 e. The van der Waals surface area contributed by atoms with Gasteiger partial charge in [-0.15, -0.1) is 0 Å². The van der Waals surface area contributed by atoms with Crippen LogP contribution in [0.25, 0.3) is 0 Å². The molecule has 0 amide bonds. The Morgan fingerprint density at radius 1 is 1.33 bits per heavy atom. The Labute approximate surface area is 123 Å². The lowest BCUT2D eigenvalue weighted by Crippen LogP contribution is -2.14. The molecule has 2 heterocycles. The van der Waals surface area contributed by atoms with E-state index in [1.807, 2.05) is 25.1 Å². The first kappa shape index (κ1) is 13.8. The molecular weight excluding hydrogens is 266 g/mol. The van der Waals surface area contributed by atoms with Crippen LogP contribution in [-0.4, -0.2) is 21.6 Å². The molecule has 110 valence electrons. The summed E-state index contributed by atoms with van der Waals surface area (Å²) in [6, 6.07) is 5.86. The first-order valence-corrected chi connectivity index (χ1v) is 7.16. The van der Waals surface area contributed by atoms with E-state index >= 15 is 0 Å². The summed E-state index contributed by atoms with van der Waals surface area (Å²) in [7, 11) is 0. The minimum absolute atomic E-state index is 0.454. The summed E-state index contributed by atoms with van der Waals surface area (Å²) >= 11 is 0. The number of hydrogen-bond donors (Lipinski definition) is 2. The van der Waals surface area contributed by atoms with E-state index in [1.54, 1.807) is 6.20 Å². The van der Waals surface area contributed by atoms with Crippen LogP contribution in [0.2, 0.25) is 0 Å². The summed E-state index contributed by atoms with van der Waals surface area (Å²) in [6.07, 6.45) is 4.81. The molecule has 3 rings (SSSR count). The summed E-state index contributed by atoms with van der Waals surface area (Å²) < 4.78 is 5.82. The third-order valence-corrected chi connectivity index (χ3v) is 3.52. The van der Waals surface area contributed by atoms with Crippen molar-refractivity contribution < 1.29 is 4.74 Å². The maximum Gasteiger partial charge on any atom is 0.221 e. The van der Waals surface area contributed by atoms with Gasteiger partial charge in [-0.3, -0.25) is 4.98 Å². The second-order valence-electron chi connectivity index (χ2n) is 5.20. The Morgan fingerprint density at radius 3 is 2.86 bits per heavy atom. The zero-order valence-corrected chi connectivity index (χ0v) is 12.0. The Kier molecular flexibility index (Phi) is 3.96. The molecule has 6 heteroatoms. The number of nitrogen functional groups attached to an aromatic ring is 1. The predicted octanol–water partition coefficient (Wildman–Crippen LogP) is 1.96. The lowest BCUT2D eigenvalue weighted by Gasteiger charge is -2.12. The van der Waals surface area contributed by atoms with Gasteiger partial charge in [0.05, 0.1) is 12.2 Å². The van der Waals surface area contributed by atoms with Crippen molar-refractivity contribution in [3.63, 3.8) is 0 Å². The molecule has 2 aromatic heterocycles. The smallest absolute Gasteiger partial charge is 0.221 e. The van der Waals surface area contributed by atoms with Crippen LogP contribution in [-0.2, 0) is 6.42 Å². The van der Waals surface area contributed by atoms with Crippen LogP contribution in [0.3, 0.4) is 0 Å². The Balaban J connectivity index is 1.70. The molecule has 2 aromatic rings. The normalized spacial score (nSPS) is 14.0. The molecule has 0 radical (unpaired) electrons. The average molecular weight is 285 g/mol. The highest BCUT2D eigenvalue weighted by Gasteiger charge is 2.28. The van der Waals surface area contributed by atoms with E-state index in [2.05, 4.69) is 20.4 Å². The number of nitrogens with two attached hydrogens (primary N) is 1.